The van der Waals surface area contributed by atoms with E-state index >= 15 is 0 Å². The van der Waals surface area contributed by atoms with Gasteiger partial charge in [0.25, 0.3) is 0 Å². The smallest absolute Gasteiger partial charge is 0.408 e. The standard InChI is InChI=1S/C22H17N7O3/c30-21(12-29-17-3-1-2-4-18(17)32-22(29)31)27-16-7-5-15(6-8-16)26-19-11-20(25-13-24-19)28-10-9-23-14-28/h1-11,13-14H,12H2,(H,27,30)(H,24,25,26). The highest BCUT2D eigenvalue weighted by molar-refractivity contribution is 5.91. The Bertz CT molecular complexity index is 1440. The molecule has 10 heteroatoms. The van der Waals surface area contributed by atoms with Gasteiger partial charge in [0, 0.05) is 29.8 Å². The van der Waals surface area contributed by atoms with Gasteiger partial charge in [-0.2, -0.15) is 0 Å². The molecular formula is C22H17N7O3. The van der Waals surface area contributed by atoms with Crippen LogP contribution in [0.1, 0.15) is 0 Å². The molecule has 0 spiro atoms. The molecular weight excluding hydrogens is 410 g/mol. The van der Waals surface area contributed by atoms with Gasteiger partial charge in [0.05, 0.1) is 5.52 Å². The predicted octanol–water partition coefficient (Wildman–Crippen LogP) is 2.95. The lowest BCUT2D eigenvalue weighted by atomic mass is 10.2. The normalized spacial score (nSPS) is 10.9. The average molecular weight is 427 g/mol. The number of nitrogens with zero attached hydrogens (tertiary/aromatic N) is 5. The quantitative estimate of drug-likeness (QED) is 0.427. The van der Waals surface area contributed by atoms with Crippen molar-refractivity contribution >= 4 is 34.2 Å². The van der Waals surface area contributed by atoms with E-state index in [1.54, 1.807) is 65.8 Å². The SMILES string of the molecule is O=C(Cn1c(=O)oc2ccccc21)Nc1ccc(Nc2cc(-n3ccnc3)ncn2)cc1. The van der Waals surface area contributed by atoms with Gasteiger partial charge in [-0.25, -0.2) is 19.7 Å². The molecule has 10 nitrogen and oxygen atoms in total. The van der Waals surface area contributed by atoms with E-state index in [4.69, 9.17) is 4.42 Å². The van der Waals surface area contributed by atoms with Gasteiger partial charge < -0.3 is 15.1 Å². The van der Waals surface area contributed by atoms with E-state index in [0.717, 1.165) is 5.69 Å². The van der Waals surface area contributed by atoms with E-state index in [9.17, 15) is 9.59 Å². The second kappa shape index (κ2) is 8.19. The van der Waals surface area contributed by atoms with Gasteiger partial charge in [-0.15, -0.1) is 0 Å². The number of nitrogens with one attached hydrogen (secondary N) is 2. The molecule has 2 N–H and O–H groups in total. The van der Waals surface area contributed by atoms with Gasteiger partial charge in [0.1, 0.15) is 30.8 Å². The van der Waals surface area contributed by atoms with Crippen LogP contribution in [0.2, 0.25) is 0 Å². The number of benzene rings is 2. The summed E-state index contributed by atoms with van der Waals surface area (Å²) in [6, 6.07) is 15.9. The second-order valence-electron chi connectivity index (χ2n) is 6.90. The van der Waals surface area contributed by atoms with Gasteiger partial charge in [-0.1, -0.05) is 12.1 Å². The summed E-state index contributed by atoms with van der Waals surface area (Å²) in [4.78, 5) is 36.9. The maximum atomic E-state index is 12.4. The number of imidazole rings is 1. The molecule has 3 heterocycles. The maximum Gasteiger partial charge on any atom is 0.420 e. The number of aromatic nitrogens is 5. The minimum Gasteiger partial charge on any atom is -0.408 e. The fourth-order valence-corrected chi connectivity index (χ4v) is 3.24. The first-order valence-electron chi connectivity index (χ1n) is 9.71. The van der Waals surface area contributed by atoms with E-state index in [2.05, 4.69) is 25.6 Å². The number of carbonyl (C=O) groups is 1. The van der Waals surface area contributed by atoms with Gasteiger partial charge in [0.2, 0.25) is 5.91 Å². The highest BCUT2D eigenvalue weighted by Gasteiger charge is 2.12. The fraction of sp³-hybridized carbons (Fsp3) is 0.0455. The molecule has 0 bridgehead atoms. The third-order valence-corrected chi connectivity index (χ3v) is 4.74. The summed E-state index contributed by atoms with van der Waals surface area (Å²) < 4.78 is 8.24. The molecule has 0 saturated carbocycles. The number of oxazole rings is 1. The van der Waals surface area contributed by atoms with Crippen LogP contribution in [0, 0.1) is 0 Å². The number of amides is 1. The zero-order chi connectivity index (χ0) is 21.9. The number of hydrogen-bond acceptors (Lipinski definition) is 7. The maximum absolute atomic E-state index is 12.4. The first kappa shape index (κ1) is 19.2. The summed E-state index contributed by atoms with van der Waals surface area (Å²) in [5, 5.41) is 5.98. The van der Waals surface area contributed by atoms with Crippen LogP contribution in [-0.2, 0) is 11.3 Å². The van der Waals surface area contributed by atoms with Gasteiger partial charge >= 0.3 is 5.76 Å². The molecule has 3 aromatic heterocycles. The van der Waals surface area contributed by atoms with E-state index in [0.29, 0.717) is 28.4 Å². The van der Waals surface area contributed by atoms with Crippen LogP contribution in [0.15, 0.2) is 88.9 Å². The first-order valence-corrected chi connectivity index (χ1v) is 9.71. The summed E-state index contributed by atoms with van der Waals surface area (Å²) in [6.45, 7) is -0.145. The van der Waals surface area contributed by atoms with Crippen molar-refractivity contribution in [2.24, 2.45) is 0 Å². The topological polar surface area (TPSA) is 120 Å². The van der Waals surface area contributed by atoms with Crippen molar-refractivity contribution in [3.63, 3.8) is 0 Å². The van der Waals surface area contributed by atoms with Crippen LogP contribution < -0.4 is 16.4 Å². The summed E-state index contributed by atoms with van der Waals surface area (Å²) >= 11 is 0. The number of anilines is 3. The van der Waals surface area contributed by atoms with Crippen molar-refractivity contribution in [2.45, 2.75) is 6.54 Å². The Morgan fingerprint density at radius 2 is 1.84 bits per heavy atom. The molecule has 0 aliphatic carbocycles. The Balaban J connectivity index is 1.25. The number of carbonyl (C=O) groups excluding carboxylic acids is 1. The van der Waals surface area contributed by atoms with Crippen LogP contribution in [0.5, 0.6) is 0 Å². The molecule has 5 aromatic rings. The van der Waals surface area contributed by atoms with Gasteiger partial charge in [-0.3, -0.25) is 13.9 Å². The Kier molecular flexibility index (Phi) is 4.92. The van der Waals surface area contributed by atoms with Crippen molar-refractivity contribution in [1.29, 1.82) is 0 Å². The number of rotatable bonds is 6. The van der Waals surface area contributed by atoms with Crippen LogP contribution in [0.3, 0.4) is 0 Å². The second-order valence-corrected chi connectivity index (χ2v) is 6.90. The molecule has 32 heavy (non-hydrogen) atoms. The number of fused-ring (bicyclic) bond motifs is 1. The van der Waals surface area contributed by atoms with Crippen molar-refractivity contribution in [2.75, 3.05) is 10.6 Å². The lowest BCUT2D eigenvalue weighted by Crippen LogP contribution is -2.24. The zero-order valence-electron chi connectivity index (χ0n) is 16.7. The molecule has 0 saturated heterocycles. The van der Waals surface area contributed by atoms with Gasteiger partial charge in [-0.05, 0) is 36.4 Å². The lowest BCUT2D eigenvalue weighted by Gasteiger charge is -2.09. The largest absolute Gasteiger partial charge is 0.420 e. The summed E-state index contributed by atoms with van der Waals surface area (Å²) in [6.07, 6.45) is 6.59. The van der Waals surface area contributed by atoms with Crippen LogP contribution in [0.25, 0.3) is 16.9 Å². The summed E-state index contributed by atoms with van der Waals surface area (Å²) in [7, 11) is 0. The zero-order valence-corrected chi connectivity index (χ0v) is 16.7. The fourth-order valence-electron chi connectivity index (χ4n) is 3.24. The first-order chi connectivity index (χ1) is 15.7. The molecule has 5 rings (SSSR count). The summed E-state index contributed by atoms with van der Waals surface area (Å²) in [5.41, 5.74) is 2.41. The lowest BCUT2D eigenvalue weighted by molar-refractivity contribution is -0.116. The van der Waals surface area contributed by atoms with E-state index in [1.165, 1.54) is 10.9 Å². The molecule has 0 fully saturated rings. The Labute approximate surface area is 181 Å². The highest BCUT2D eigenvalue weighted by Crippen LogP contribution is 2.19. The van der Waals surface area contributed by atoms with Crippen LogP contribution >= 0.6 is 0 Å². The molecule has 2 aromatic carbocycles. The minimum atomic E-state index is -0.569. The molecule has 1 amide bonds. The van der Waals surface area contributed by atoms with Crippen LogP contribution in [0.4, 0.5) is 17.2 Å². The molecule has 0 atom stereocenters. The molecule has 0 radical (unpaired) electrons. The van der Waals surface area contributed by atoms with Crippen molar-refractivity contribution < 1.29 is 9.21 Å². The monoisotopic (exact) mass is 427 g/mol. The number of hydrogen-bond donors (Lipinski definition) is 2. The Hall–Kier alpha value is -4.73. The van der Waals surface area contributed by atoms with Crippen molar-refractivity contribution in [3.05, 3.63) is 90.2 Å². The predicted molar refractivity (Wildman–Crippen MR) is 118 cm³/mol. The van der Waals surface area contributed by atoms with E-state index in [1.807, 2.05) is 12.1 Å². The third kappa shape index (κ3) is 3.97. The summed E-state index contributed by atoms with van der Waals surface area (Å²) in [5.74, 6) is 0.401. The van der Waals surface area contributed by atoms with Crippen molar-refractivity contribution in [3.8, 4) is 5.82 Å². The third-order valence-electron chi connectivity index (χ3n) is 4.74. The van der Waals surface area contributed by atoms with E-state index < -0.39 is 5.76 Å². The molecule has 158 valence electrons. The number of para-hydroxylation sites is 2. The van der Waals surface area contributed by atoms with Gasteiger partial charge in [0.15, 0.2) is 5.58 Å². The molecule has 0 unspecified atom stereocenters. The molecule has 0 aliphatic rings. The van der Waals surface area contributed by atoms with Crippen LogP contribution in [-0.4, -0.2) is 30.0 Å². The Morgan fingerprint density at radius 3 is 2.66 bits per heavy atom. The van der Waals surface area contributed by atoms with Crippen molar-refractivity contribution in [1.82, 2.24) is 24.1 Å². The minimum absolute atomic E-state index is 0.145. The average Bonchev–Trinajstić information content (AvgIpc) is 3.44. The van der Waals surface area contributed by atoms with E-state index in [-0.39, 0.29) is 12.5 Å². The molecule has 0 aliphatic heterocycles. The Morgan fingerprint density at radius 1 is 1.03 bits per heavy atom. The highest BCUT2D eigenvalue weighted by atomic mass is 16.4.